The van der Waals surface area contributed by atoms with Crippen LogP contribution < -0.4 is 10.1 Å². The fourth-order valence-electron chi connectivity index (χ4n) is 1.70. The Morgan fingerprint density at radius 1 is 1.24 bits per heavy atom. The van der Waals surface area contributed by atoms with E-state index in [4.69, 9.17) is 16.3 Å². The molecular formula is C15H12Br2ClNO2. The van der Waals surface area contributed by atoms with Crippen LogP contribution in [0.4, 0.5) is 5.69 Å². The maximum Gasteiger partial charge on any atom is 0.262 e. The standard InChI is InChI=1S/C15H12Br2ClNO2/c1-9-6-10(16)15(11(17)7-9)19-14(20)8-21-13-5-3-2-4-12(13)18/h2-7H,8H2,1H3,(H,19,20). The summed E-state index contributed by atoms with van der Waals surface area (Å²) in [7, 11) is 0. The molecule has 0 atom stereocenters. The second-order valence-electron chi connectivity index (χ2n) is 4.37. The van der Waals surface area contributed by atoms with Crippen LogP contribution in [0.1, 0.15) is 5.56 Å². The highest BCUT2D eigenvalue weighted by atomic mass is 79.9. The molecule has 2 rings (SSSR count). The van der Waals surface area contributed by atoms with Gasteiger partial charge < -0.3 is 10.1 Å². The second kappa shape index (κ2) is 7.29. The molecule has 0 heterocycles. The average Bonchev–Trinajstić information content (AvgIpc) is 2.42. The zero-order valence-corrected chi connectivity index (χ0v) is 15.0. The molecule has 0 saturated carbocycles. The Morgan fingerprint density at radius 2 is 1.86 bits per heavy atom. The first-order chi connectivity index (χ1) is 9.97. The van der Waals surface area contributed by atoms with Crippen molar-refractivity contribution < 1.29 is 9.53 Å². The number of ether oxygens (including phenoxy) is 1. The maximum atomic E-state index is 12.0. The van der Waals surface area contributed by atoms with E-state index in [1.54, 1.807) is 24.3 Å². The predicted molar refractivity (Wildman–Crippen MR) is 92.2 cm³/mol. The van der Waals surface area contributed by atoms with Crippen LogP contribution in [-0.4, -0.2) is 12.5 Å². The van der Waals surface area contributed by atoms with Crippen molar-refractivity contribution in [2.45, 2.75) is 6.92 Å². The van der Waals surface area contributed by atoms with Crippen LogP contribution >= 0.6 is 43.5 Å². The molecule has 0 spiro atoms. The number of hydrogen-bond acceptors (Lipinski definition) is 2. The molecule has 3 nitrogen and oxygen atoms in total. The van der Waals surface area contributed by atoms with Crippen LogP contribution in [0.2, 0.25) is 5.02 Å². The van der Waals surface area contributed by atoms with Crippen molar-refractivity contribution in [2.24, 2.45) is 0 Å². The van der Waals surface area contributed by atoms with Crippen molar-refractivity contribution in [3.05, 3.63) is 55.9 Å². The van der Waals surface area contributed by atoms with Gasteiger partial charge in [0.2, 0.25) is 0 Å². The quantitative estimate of drug-likeness (QED) is 0.721. The fraction of sp³-hybridized carbons (Fsp3) is 0.133. The van der Waals surface area contributed by atoms with Gasteiger partial charge in [0.05, 0.1) is 10.7 Å². The van der Waals surface area contributed by atoms with Crippen molar-refractivity contribution in [1.29, 1.82) is 0 Å². The van der Waals surface area contributed by atoms with Crippen molar-refractivity contribution in [2.75, 3.05) is 11.9 Å². The fourth-order valence-corrected chi connectivity index (χ4v) is 3.50. The summed E-state index contributed by atoms with van der Waals surface area (Å²) in [5.74, 6) is 0.219. The number of rotatable bonds is 4. The van der Waals surface area contributed by atoms with Crippen LogP contribution in [0.15, 0.2) is 45.3 Å². The van der Waals surface area contributed by atoms with Gasteiger partial charge in [0, 0.05) is 8.95 Å². The molecule has 0 radical (unpaired) electrons. The molecule has 0 fully saturated rings. The Kier molecular flexibility index (Phi) is 5.67. The summed E-state index contributed by atoms with van der Waals surface area (Å²) in [4.78, 5) is 12.0. The van der Waals surface area contributed by atoms with Gasteiger partial charge in [0.1, 0.15) is 5.75 Å². The summed E-state index contributed by atoms with van der Waals surface area (Å²) in [6.07, 6.45) is 0. The van der Waals surface area contributed by atoms with Crippen LogP contribution in [0.25, 0.3) is 0 Å². The van der Waals surface area contributed by atoms with Gasteiger partial charge >= 0.3 is 0 Å². The number of carbonyl (C=O) groups excluding carboxylic acids is 1. The molecule has 0 unspecified atom stereocenters. The number of para-hydroxylation sites is 1. The first-order valence-corrected chi connectivity index (χ1v) is 8.06. The SMILES string of the molecule is Cc1cc(Br)c(NC(=O)COc2ccccc2Cl)c(Br)c1. The van der Waals surface area contributed by atoms with E-state index in [0.29, 0.717) is 16.5 Å². The third kappa shape index (κ3) is 4.46. The molecule has 0 aliphatic rings. The third-order valence-corrected chi connectivity index (χ3v) is 4.21. The number of hydrogen-bond donors (Lipinski definition) is 1. The smallest absolute Gasteiger partial charge is 0.262 e. The van der Waals surface area contributed by atoms with E-state index in [1.165, 1.54) is 0 Å². The van der Waals surface area contributed by atoms with Gasteiger partial charge in [-0.15, -0.1) is 0 Å². The number of halogens is 3. The number of anilines is 1. The summed E-state index contributed by atoms with van der Waals surface area (Å²) >= 11 is 12.8. The molecule has 2 aromatic rings. The molecule has 0 saturated heterocycles. The normalized spacial score (nSPS) is 10.3. The van der Waals surface area contributed by atoms with Gasteiger partial charge in [-0.05, 0) is 68.6 Å². The Balaban J connectivity index is 2.01. The van der Waals surface area contributed by atoms with Crippen LogP contribution in [0.3, 0.4) is 0 Å². The lowest BCUT2D eigenvalue weighted by Crippen LogP contribution is -2.20. The molecule has 0 aliphatic carbocycles. The largest absolute Gasteiger partial charge is 0.482 e. The minimum Gasteiger partial charge on any atom is -0.482 e. The zero-order valence-electron chi connectivity index (χ0n) is 11.1. The predicted octanol–water partition coefficient (Wildman–Crippen LogP) is 5.19. The number of amides is 1. The summed E-state index contributed by atoms with van der Waals surface area (Å²) in [5, 5.41) is 3.27. The Labute approximate surface area is 144 Å². The summed E-state index contributed by atoms with van der Waals surface area (Å²) < 4.78 is 7.01. The van der Waals surface area contributed by atoms with Crippen molar-refractivity contribution in [3.63, 3.8) is 0 Å². The summed E-state index contributed by atoms with van der Waals surface area (Å²) in [6, 6.07) is 10.9. The molecule has 0 aliphatic heterocycles. The molecule has 110 valence electrons. The molecule has 0 bridgehead atoms. The Bertz CT molecular complexity index is 653. The van der Waals surface area contributed by atoms with Gasteiger partial charge in [-0.3, -0.25) is 4.79 Å². The zero-order chi connectivity index (χ0) is 15.4. The van der Waals surface area contributed by atoms with E-state index in [9.17, 15) is 4.79 Å². The highest BCUT2D eigenvalue weighted by Gasteiger charge is 2.11. The average molecular weight is 434 g/mol. The molecule has 21 heavy (non-hydrogen) atoms. The Morgan fingerprint density at radius 3 is 2.48 bits per heavy atom. The van der Waals surface area contributed by atoms with Gasteiger partial charge in [0.15, 0.2) is 6.61 Å². The lowest BCUT2D eigenvalue weighted by Gasteiger charge is -2.12. The highest BCUT2D eigenvalue weighted by molar-refractivity contribution is 9.11. The minimum absolute atomic E-state index is 0.115. The third-order valence-electron chi connectivity index (χ3n) is 2.65. The van der Waals surface area contributed by atoms with Gasteiger partial charge in [-0.1, -0.05) is 23.7 Å². The lowest BCUT2D eigenvalue weighted by molar-refractivity contribution is -0.118. The molecule has 1 N–H and O–H groups in total. The molecule has 2 aromatic carbocycles. The summed E-state index contributed by atoms with van der Waals surface area (Å²) in [6.45, 7) is 1.86. The molecule has 0 aromatic heterocycles. The van der Waals surface area contributed by atoms with E-state index in [0.717, 1.165) is 14.5 Å². The topological polar surface area (TPSA) is 38.3 Å². The van der Waals surface area contributed by atoms with E-state index in [-0.39, 0.29) is 12.5 Å². The van der Waals surface area contributed by atoms with Crippen molar-refractivity contribution in [1.82, 2.24) is 0 Å². The minimum atomic E-state index is -0.264. The van der Waals surface area contributed by atoms with Gasteiger partial charge in [0.25, 0.3) is 5.91 Å². The highest BCUT2D eigenvalue weighted by Crippen LogP contribution is 2.32. The Hall–Kier alpha value is -1.04. The van der Waals surface area contributed by atoms with E-state index >= 15 is 0 Å². The molecule has 1 amide bonds. The van der Waals surface area contributed by atoms with Crippen molar-refractivity contribution in [3.8, 4) is 5.75 Å². The molecule has 6 heteroatoms. The lowest BCUT2D eigenvalue weighted by atomic mass is 10.2. The van der Waals surface area contributed by atoms with Crippen LogP contribution in [0, 0.1) is 6.92 Å². The second-order valence-corrected chi connectivity index (χ2v) is 6.49. The summed E-state index contributed by atoms with van der Waals surface area (Å²) in [5.41, 5.74) is 1.76. The number of aryl methyl sites for hydroxylation is 1. The van der Waals surface area contributed by atoms with Crippen molar-refractivity contribution >= 4 is 55.1 Å². The monoisotopic (exact) mass is 431 g/mol. The molecular weight excluding hydrogens is 421 g/mol. The van der Waals surface area contributed by atoms with E-state index in [1.807, 2.05) is 19.1 Å². The van der Waals surface area contributed by atoms with Crippen LogP contribution in [-0.2, 0) is 4.79 Å². The van der Waals surface area contributed by atoms with Gasteiger partial charge in [-0.2, -0.15) is 0 Å². The number of benzene rings is 2. The number of carbonyl (C=O) groups is 1. The van der Waals surface area contributed by atoms with E-state index in [2.05, 4.69) is 37.2 Å². The number of nitrogens with one attached hydrogen (secondary N) is 1. The first kappa shape index (κ1) is 16.3. The maximum absolute atomic E-state index is 12.0. The first-order valence-electron chi connectivity index (χ1n) is 6.10. The van der Waals surface area contributed by atoms with E-state index < -0.39 is 0 Å². The van der Waals surface area contributed by atoms with Gasteiger partial charge in [-0.25, -0.2) is 0 Å². The van der Waals surface area contributed by atoms with Crippen LogP contribution in [0.5, 0.6) is 5.75 Å².